The van der Waals surface area contributed by atoms with Gasteiger partial charge in [-0.05, 0) is 36.2 Å². The summed E-state index contributed by atoms with van der Waals surface area (Å²) in [5.41, 5.74) is 7.65. The van der Waals surface area contributed by atoms with E-state index >= 15 is 0 Å². The Morgan fingerprint density at radius 3 is 2.67 bits per heavy atom. The van der Waals surface area contributed by atoms with Crippen molar-refractivity contribution in [1.29, 1.82) is 0 Å². The Balaban J connectivity index is 1.88. The molecule has 0 aromatic heterocycles. The SMILES string of the molecule is CN(CC(N)c1cccc2ccccc12)C1CC1. The van der Waals surface area contributed by atoms with Crippen molar-refractivity contribution in [2.24, 2.45) is 5.73 Å². The normalized spacial score (nSPS) is 17.3. The molecule has 0 heterocycles. The van der Waals surface area contributed by atoms with Crippen LogP contribution in [0.1, 0.15) is 24.4 Å². The van der Waals surface area contributed by atoms with Gasteiger partial charge in [0, 0.05) is 18.6 Å². The minimum Gasteiger partial charge on any atom is -0.323 e. The van der Waals surface area contributed by atoms with Gasteiger partial charge in [0.05, 0.1) is 0 Å². The summed E-state index contributed by atoms with van der Waals surface area (Å²) < 4.78 is 0. The van der Waals surface area contributed by atoms with Gasteiger partial charge in [0.2, 0.25) is 0 Å². The van der Waals surface area contributed by atoms with Crippen molar-refractivity contribution in [3.8, 4) is 0 Å². The van der Waals surface area contributed by atoms with Crippen molar-refractivity contribution in [2.75, 3.05) is 13.6 Å². The van der Waals surface area contributed by atoms with Gasteiger partial charge >= 0.3 is 0 Å². The maximum Gasteiger partial charge on any atom is 0.0430 e. The van der Waals surface area contributed by atoms with Crippen LogP contribution in [-0.2, 0) is 0 Å². The number of rotatable bonds is 4. The Bertz CT molecular complexity index is 540. The summed E-state index contributed by atoms with van der Waals surface area (Å²) in [7, 11) is 2.18. The Morgan fingerprint density at radius 2 is 1.89 bits per heavy atom. The predicted octanol–water partition coefficient (Wildman–Crippen LogP) is 2.93. The summed E-state index contributed by atoms with van der Waals surface area (Å²) in [5.74, 6) is 0. The zero-order valence-electron chi connectivity index (χ0n) is 10.8. The van der Waals surface area contributed by atoms with Crippen molar-refractivity contribution in [3.05, 3.63) is 48.0 Å². The lowest BCUT2D eigenvalue weighted by Gasteiger charge is -2.22. The monoisotopic (exact) mass is 240 g/mol. The number of nitrogens with two attached hydrogens (primary N) is 1. The van der Waals surface area contributed by atoms with Gasteiger partial charge in [-0.25, -0.2) is 0 Å². The molecule has 0 bridgehead atoms. The molecule has 94 valence electrons. The highest BCUT2D eigenvalue weighted by molar-refractivity contribution is 5.86. The van der Waals surface area contributed by atoms with Crippen molar-refractivity contribution in [1.82, 2.24) is 4.90 Å². The number of fused-ring (bicyclic) bond motifs is 1. The van der Waals surface area contributed by atoms with Gasteiger partial charge < -0.3 is 10.6 Å². The van der Waals surface area contributed by atoms with Gasteiger partial charge in [0.25, 0.3) is 0 Å². The summed E-state index contributed by atoms with van der Waals surface area (Å²) in [5, 5.41) is 2.57. The van der Waals surface area contributed by atoms with E-state index in [4.69, 9.17) is 5.73 Å². The fourth-order valence-electron chi connectivity index (χ4n) is 2.65. The molecular weight excluding hydrogens is 220 g/mol. The topological polar surface area (TPSA) is 29.3 Å². The standard InChI is InChI=1S/C16H20N2/c1-18(13-9-10-13)11-16(17)15-8-4-6-12-5-2-3-7-14(12)15/h2-8,13,16H,9-11,17H2,1H3. The molecule has 1 unspecified atom stereocenters. The average molecular weight is 240 g/mol. The zero-order chi connectivity index (χ0) is 12.5. The molecule has 1 atom stereocenters. The summed E-state index contributed by atoms with van der Waals surface area (Å²) in [6.07, 6.45) is 2.66. The minimum absolute atomic E-state index is 0.0988. The van der Waals surface area contributed by atoms with Crippen LogP contribution >= 0.6 is 0 Å². The van der Waals surface area contributed by atoms with Crippen molar-refractivity contribution in [2.45, 2.75) is 24.9 Å². The van der Waals surface area contributed by atoms with Crippen LogP contribution in [0.25, 0.3) is 10.8 Å². The molecule has 0 aliphatic heterocycles. The molecule has 2 aromatic rings. The average Bonchev–Trinajstić information content (AvgIpc) is 3.22. The molecule has 2 N–H and O–H groups in total. The van der Waals surface area contributed by atoms with E-state index in [0.717, 1.165) is 12.6 Å². The Hall–Kier alpha value is -1.38. The summed E-state index contributed by atoms with van der Waals surface area (Å²) in [6, 6.07) is 15.8. The van der Waals surface area contributed by atoms with Crippen LogP contribution in [0.2, 0.25) is 0 Å². The van der Waals surface area contributed by atoms with Gasteiger partial charge in [0.1, 0.15) is 0 Å². The molecule has 2 nitrogen and oxygen atoms in total. The number of nitrogens with zero attached hydrogens (tertiary/aromatic N) is 1. The molecule has 0 spiro atoms. The third-order valence-electron chi connectivity index (χ3n) is 3.88. The first kappa shape index (κ1) is 11.7. The molecule has 3 rings (SSSR count). The summed E-state index contributed by atoms with van der Waals surface area (Å²) in [4.78, 5) is 2.40. The lowest BCUT2D eigenvalue weighted by molar-refractivity contribution is 0.303. The van der Waals surface area contributed by atoms with Crippen LogP contribution in [0.3, 0.4) is 0 Å². The third-order valence-corrected chi connectivity index (χ3v) is 3.88. The number of likely N-dealkylation sites (N-methyl/N-ethyl adjacent to an activating group) is 1. The second kappa shape index (κ2) is 4.71. The number of hydrogen-bond donors (Lipinski definition) is 1. The van der Waals surface area contributed by atoms with E-state index in [1.54, 1.807) is 0 Å². The van der Waals surface area contributed by atoms with Gasteiger partial charge in [0.15, 0.2) is 0 Å². The highest BCUT2D eigenvalue weighted by Gasteiger charge is 2.27. The zero-order valence-corrected chi connectivity index (χ0v) is 10.8. The third kappa shape index (κ3) is 2.26. The van der Waals surface area contributed by atoms with Gasteiger partial charge in [-0.1, -0.05) is 42.5 Å². The van der Waals surface area contributed by atoms with Crippen LogP contribution in [0.5, 0.6) is 0 Å². The quantitative estimate of drug-likeness (QED) is 0.890. The molecule has 1 aliphatic carbocycles. The highest BCUT2D eigenvalue weighted by atomic mass is 15.2. The van der Waals surface area contributed by atoms with Crippen molar-refractivity contribution in [3.63, 3.8) is 0 Å². The van der Waals surface area contributed by atoms with Crippen molar-refractivity contribution < 1.29 is 0 Å². The van der Waals surface area contributed by atoms with Gasteiger partial charge in [-0.15, -0.1) is 0 Å². The van der Waals surface area contributed by atoms with Gasteiger partial charge in [-0.2, -0.15) is 0 Å². The first-order valence-electron chi connectivity index (χ1n) is 6.69. The molecule has 0 radical (unpaired) electrons. The number of hydrogen-bond acceptors (Lipinski definition) is 2. The van der Waals surface area contributed by atoms with E-state index in [9.17, 15) is 0 Å². The fourth-order valence-corrected chi connectivity index (χ4v) is 2.65. The molecule has 1 aliphatic rings. The minimum atomic E-state index is 0.0988. The largest absolute Gasteiger partial charge is 0.323 e. The Morgan fingerprint density at radius 1 is 1.17 bits per heavy atom. The van der Waals surface area contributed by atoms with E-state index in [0.29, 0.717) is 0 Å². The molecule has 1 saturated carbocycles. The van der Waals surface area contributed by atoms with E-state index in [1.807, 2.05) is 0 Å². The lowest BCUT2D eigenvalue weighted by atomic mass is 9.99. The smallest absolute Gasteiger partial charge is 0.0430 e. The molecule has 18 heavy (non-hydrogen) atoms. The second-order valence-electron chi connectivity index (χ2n) is 5.35. The van der Waals surface area contributed by atoms with E-state index < -0.39 is 0 Å². The predicted molar refractivity (Wildman–Crippen MR) is 76.5 cm³/mol. The van der Waals surface area contributed by atoms with E-state index in [2.05, 4.69) is 54.4 Å². The van der Waals surface area contributed by atoms with Crippen LogP contribution in [0.4, 0.5) is 0 Å². The maximum atomic E-state index is 6.39. The van der Waals surface area contributed by atoms with Crippen molar-refractivity contribution >= 4 is 10.8 Å². The van der Waals surface area contributed by atoms with E-state index in [1.165, 1.54) is 29.2 Å². The van der Waals surface area contributed by atoms with Crippen LogP contribution in [0, 0.1) is 0 Å². The first-order chi connectivity index (χ1) is 8.75. The number of benzene rings is 2. The Kier molecular flexibility index (Phi) is 3.06. The summed E-state index contributed by atoms with van der Waals surface area (Å²) in [6.45, 7) is 0.943. The van der Waals surface area contributed by atoms with Crippen LogP contribution in [-0.4, -0.2) is 24.5 Å². The maximum absolute atomic E-state index is 6.39. The van der Waals surface area contributed by atoms with Gasteiger partial charge in [-0.3, -0.25) is 0 Å². The molecular formula is C16H20N2. The molecule has 1 fully saturated rings. The Labute approximate surface area is 108 Å². The van der Waals surface area contributed by atoms with Crippen LogP contribution in [0.15, 0.2) is 42.5 Å². The lowest BCUT2D eigenvalue weighted by Crippen LogP contribution is -2.30. The molecule has 0 saturated heterocycles. The highest BCUT2D eigenvalue weighted by Crippen LogP contribution is 2.28. The summed E-state index contributed by atoms with van der Waals surface area (Å²) >= 11 is 0. The first-order valence-corrected chi connectivity index (χ1v) is 6.69. The second-order valence-corrected chi connectivity index (χ2v) is 5.35. The molecule has 2 aromatic carbocycles. The van der Waals surface area contributed by atoms with E-state index in [-0.39, 0.29) is 6.04 Å². The molecule has 0 amide bonds. The van der Waals surface area contributed by atoms with Crippen LogP contribution < -0.4 is 5.73 Å². The fraction of sp³-hybridized carbons (Fsp3) is 0.375. The molecule has 2 heteroatoms.